The zero-order chi connectivity index (χ0) is 18.8. The summed E-state index contributed by atoms with van der Waals surface area (Å²) in [7, 11) is 0. The van der Waals surface area contributed by atoms with Crippen molar-refractivity contribution in [3.05, 3.63) is 29.3 Å². The number of rotatable bonds is 4. The zero-order valence-electron chi connectivity index (χ0n) is 14.6. The molecule has 0 saturated heterocycles. The monoisotopic (exact) mass is 388 g/mol. The van der Waals surface area contributed by atoms with E-state index in [0.29, 0.717) is 50.3 Å². The molecule has 8 heteroatoms. The zero-order valence-corrected chi connectivity index (χ0v) is 15.5. The lowest BCUT2D eigenvalue weighted by atomic mass is 9.86. The number of carboxylic acids is 1. The normalized spacial score (nSPS) is 21.5. The minimum absolute atomic E-state index is 0.00698. The molecule has 0 spiro atoms. The molecule has 1 amide bonds. The van der Waals surface area contributed by atoms with Gasteiger partial charge < -0.3 is 19.9 Å². The van der Waals surface area contributed by atoms with Crippen LogP contribution in [0, 0.1) is 5.92 Å². The Hall–Kier alpha value is -2.61. The highest BCUT2D eigenvalue weighted by Crippen LogP contribution is 2.35. The van der Waals surface area contributed by atoms with E-state index in [1.807, 2.05) is 18.2 Å². The molecule has 1 aliphatic carbocycles. The first-order valence-corrected chi connectivity index (χ1v) is 9.87. The summed E-state index contributed by atoms with van der Waals surface area (Å²) < 4.78 is 11.1. The maximum absolute atomic E-state index is 12.5. The summed E-state index contributed by atoms with van der Waals surface area (Å²) in [5.41, 5.74) is 1.26. The lowest BCUT2D eigenvalue weighted by Gasteiger charge is -2.26. The molecule has 0 bridgehead atoms. The van der Waals surface area contributed by atoms with Crippen molar-refractivity contribution in [1.82, 2.24) is 10.3 Å². The van der Waals surface area contributed by atoms with Gasteiger partial charge in [0.05, 0.1) is 5.92 Å². The second-order valence-electron chi connectivity index (χ2n) is 6.76. The summed E-state index contributed by atoms with van der Waals surface area (Å²) in [4.78, 5) is 28.0. The maximum Gasteiger partial charge on any atom is 0.306 e. The van der Waals surface area contributed by atoms with Gasteiger partial charge in [-0.15, -0.1) is 11.3 Å². The Balaban J connectivity index is 1.40. The number of thiazole rings is 1. The second-order valence-corrected chi connectivity index (χ2v) is 7.61. The number of carboxylic acid groups (broad SMARTS) is 1. The van der Waals surface area contributed by atoms with Crippen LogP contribution in [0.25, 0.3) is 10.6 Å². The van der Waals surface area contributed by atoms with Crippen molar-refractivity contribution in [3.8, 4) is 22.1 Å². The van der Waals surface area contributed by atoms with Crippen molar-refractivity contribution in [2.24, 2.45) is 5.92 Å². The SMILES string of the molecule is O=C(NC1CCC(C(=O)O)CC1)c1csc(-c2ccc3c(c2)OCCO3)n1. The van der Waals surface area contributed by atoms with E-state index >= 15 is 0 Å². The van der Waals surface area contributed by atoms with Gasteiger partial charge in [-0.3, -0.25) is 9.59 Å². The molecule has 1 aliphatic heterocycles. The van der Waals surface area contributed by atoms with Gasteiger partial charge in [-0.05, 0) is 43.9 Å². The van der Waals surface area contributed by atoms with Crippen LogP contribution in [0.1, 0.15) is 36.2 Å². The molecule has 27 heavy (non-hydrogen) atoms. The Morgan fingerprint density at radius 3 is 2.59 bits per heavy atom. The number of aromatic nitrogens is 1. The highest BCUT2D eigenvalue weighted by Gasteiger charge is 2.27. The van der Waals surface area contributed by atoms with Gasteiger partial charge >= 0.3 is 5.97 Å². The van der Waals surface area contributed by atoms with Gasteiger partial charge in [0, 0.05) is 17.0 Å². The number of benzene rings is 1. The quantitative estimate of drug-likeness (QED) is 0.836. The molecule has 2 N–H and O–H groups in total. The molecule has 142 valence electrons. The number of ether oxygens (including phenoxy) is 2. The van der Waals surface area contributed by atoms with E-state index in [9.17, 15) is 9.59 Å². The van der Waals surface area contributed by atoms with Crippen LogP contribution < -0.4 is 14.8 Å². The van der Waals surface area contributed by atoms with Gasteiger partial charge in [-0.1, -0.05) is 0 Å². The highest BCUT2D eigenvalue weighted by atomic mass is 32.1. The van der Waals surface area contributed by atoms with Crippen LogP contribution in [0.3, 0.4) is 0 Å². The molecule has 2 heterocycles. The fourth-order valence-electron chi connectivity index (χ4n) is 3.43. The first-order chi connectivity index (χ1) is 13.1. The number of nitrogens with zero attached hydrogens (tertiary/aromatic N) is 1. The topological polar surface area (TPSA) is 97.8 Å². The van der Waals surface area contributed by atoms with Crippen molar-refractivity contribution >= 4 is 23.2 Å². The van der Waals surface area contributed by atoms with Crippen molar-refractivity contribution < 1.29 is 24.2 Å². The van der Waals surface area contributed by atoms with E-state index in [1.165, 1.54) is 11.3 Å². The summed E-state index contributed by atoms with van der Waals surface area (Å²) >= 11 is 1.40. The fraction of sp³-hybridized carbons (Fsp3) is 0.421. The molecule has 7 nitrogen and oxygen atoms in total. The van der Waals surface area contributed by atoms with Gasteiger partial charge in [0.1, 0.15) is 23.9 Å². The average molecular weight is 388 g/mol. The van der Waals surface area contributed by atoms with E-state index < -0.39 is 5.97 Å². The number of fused-ring (bicyclic) bond motifs is 1. The Kier molecular flexibility index (Phi) is 4.98. The Morgan fingerprint density at radius 2 is 1.85 bits per heavy atom. The minimum atomic E-state index is -0.747. The first-order valence-electron chi connectivity index (χ1n) is 8.99. The van der Waals surface area contributed by atoms with Crippen LogP contribution in [0.4, 0.5) is 0 Å². The summed E-state index contributed by atoms with van der Waals surface area (Å²) in [5, 5.41) is 14.5. The lowest BCUT2D eigenvalue weighted by molar-refractivity contribution is -0.142. The van der Waals surface area contributed by atoms with Crippen LogP contribution in [0.15, 0.2) is 23.6 Å². The molecule has 1 aromatic carbocycles. The molecule has 1 fully saturated rings. The first kappa shape index (κ1) is 17.8. The van der Waals surface area contributed by atoms with E-state index in [4.69, 9.17) is 14.6 Å². The summed E-state index contributed by atoms with van der Waals surface area (Å²) in [6.45, 7) is 1.06. The van der Waals surface area contributed by atoms with Gasteiger partial charge in [-0.2, -0.15) is 0 Å². The van der Waals surface area contributed by atoms with E-state index in [0.717, 1.165) is 16.3 Å². The Morgan fingerprint density at radius 1 is 1.11 bits per heavy atom. The van der Waals surface area contributed by atoms with Crippen molar-refractivity contribution in [3.63, 3.8) is 0 Å². The van der Waals surface area contributed by atoms with E-state index in [1.54, 1.807) is 5.38 Å². The van der Waals surface area contributed by atoms with Crippen LogP contribution in [0.2, 0.25) is 0 Å². The van der Waals surface area contributed by atoms with Crippen LogP contribution >= 0.6 is 11.3 Å². The predicted molar refractivity (Wildman–Crippen MR) is 99.4 cm³/mol. The van der Waals surface area contributed by atoms with Gasteiger partial charge in [0.15, 0.2) is 11.5 Å². The van der Waals surface area contributed by atoms with Crippen molar-refractivity contribution in [2.75, 3.05) is 13.2 Å². The third-order valence-electron chi connectivity index (χ3n) is 4.94. The molecule has 1 saturated carbocycles. The van der Waals surface area contributed by atoms with E-state index in [2.05, 4.69) is 10.3 Å². The number of hydrogen-bond donors (Lipinski definition) is 2. The van der Waals surface area contributed by atoms with Gasteiger partial charge in [0.2, 0.25) is 0 Å². The standard InChI is InChI=1S/C19H20N2O5S/c22-17(20-13-4-1-11(2-5-13)19(23)24)14-10-27-18(21-14)12-3-6-15-16(9-12)26-8-7-25-15/h3,6,9-11,13H,1-2,4-5,7-8H2,(H,20,22)(H,23,24). The Bertz CT molecular complexity index is 858. The third kappa shape index (κ3) is 3.90. The largest absolute Gasteiger partial charge is 0.486 e. The Labute approximate surface area is 160 Å². The third-order valence-corrected chi connectivity index (χ3v) is 5.83. The molecule has 1 aromatic heterocycles. The van der Waals surface area contributed by atoms with Crippen LogP contribution in [-0.4, -0.2) is 41.2 Å². The fourth-order valence-corrected chi connectivity index (χ4v) is 4.23. The number of carbonyl (C=O) groups is 2. The van der Waals surface area contributed by atoms with Crippen molar-refractivity contribution in [1.29, 1.82) is 0 Å². The highest BCUT2D eigenvalue weighted by molar-refractivity contribution is 7.13. The van der Waals surface area contributed by atoms with Crippen LogP contribution in [0.5, 0.6) is 11.5 Å². The summed E-state index contributed by atoms with van der Waals surface area (Å²) in [5.74, 6) is 0.156. The van der Waals surface area contributed by atoms with Gasteiger partial charge in [-0.25, -0.2) is 4.98 Å². The summed E-state index contributed by atoms with van der Waals surface area (Å²) in [6, 6.07) is 5.64. The van der Waals surface area contributed by atoms with Crippen LogP contribution in [-0.2, 0) is 4.79 Å². The minimum Gasteiger partial charge on any atom is -0.486 e. The molecule has 0 atom stereocenters. The summed E-state index contributed by atoms with van der Waals surface area (Å²) in [6.07, 6.45) is 2.56. The number of carbonyl (C=O) groups excluding carboxylic acids is 1. The molecule has 0 unspecified atom stereocenters. The molecular formula is C19H20N2O5S. The molecule has 4 rings (SSSR count). The maximum atomic E-state index is 12.5. The number of hydrogen-bond acceptors (Lipinski definition) is 6. The van der Waals surface area contributed by atoms with Gasteiger partial charge in [0.25, 0.3) is 5.91 Å². The number of amides is 1. The van der Waals surface area contributed by atoms with E-state index in [-0.39, 0.29) is 17.9 Å². The number of aliphatic carboxylic acids is 1. The lowest BCUT2D eigenvalue weighted by Crippen LogP contribution is -2.38. The molecule has 2 aliphatic rings. The van der Waals surface area contributed by atoms with Crippen molar-refractivity contribution in [2.45, 2.75) is 31.7 Å². The molecule has 2 aromatic rings. The molecule has 0 radical (unpaired) electrons. The second kappa shape index (κ2) is 7.56. The average Bonchev–Trinajstić information content (AvgIpc) is 3.18. The smallest absolute Gasteiger partial charge is 0.306 e. The molecular weight excluding hydrogens is 368 g/mol. The number of nitrogens with one attached hydrogen (secondary N) is 1. The predicted octanol–water partition coefficient (Wildman–Crippen LogP) is 2.95.